The first kappa shape index (κ1) is 20.9. The minimum Gasteiger partial charge on any atom is -0.488 e. The summed E-state index contributed by atoms with van der Waals surface area (Å²) in [6.07, 6.45) is -2.88. The summed E-state index contributed by atoms with van der Waals surface area (Å²) in [5.41, 5.74) is 4.03. The van der Waals surface area contributed by atoms with E-state index < -0.39 is 17.7 Å². The molecule has 30 heavy (non-hydrogen) atoms. The Balaban J connectivity index is 1.62. The SMILES string of the molecule is O=C(O)c1ccc(COc2ccccc2/C=N/Nc2ccc(C(F)(F)F)cc2)cc1. The Morgan fingerprint density at radius 3 is 2.30 bits per heavy atom. The first-order valence-electron chi connectivity index (χ1n) is 8.83. The van der Waals surface area contributed by atoms with E-state index in [4.69, 9.17) is 9.84 Å². The Morgan fingerprint density at radius 2 is 1.67 bits per heavy atom. The highest BCUT2D eigenvalue weighted by atomic mass is 19.4. The third kappa shape index (κ3) is 5.60. The van der Waals surface area contributed by atoms with Gasteiger partial charge in [-0.2, -0.15) is 18.3 Å². The number of carboxylic acid groups (broad SMARTS) is 1. The van der Waals surface area contributed by atoms with Crippen molar-refractivity contribution in [1.29, 1.82) is 0 Å². The molecule has 0 aromatic heterocycles. The van der Waals surface area contributed by atoms with E-state index in [1.807, 2.05) is 0 Å². The third-order valence-corrected chi connectivity index (χ3v) is 4.12. The number of carbonyl (C=O) groups is 1. The predicted molar refractivity (Wildman–Crippen MR) is 107 cm³/mol. The number of rotatable bonds is 7. The number of carboxylic acids is 1. The number of aromatic carboxylic acids is 1. The largest absolute Gasteiger partial charge is 0.488 e. The maximum Gasteiger partial charge on any atom is 0.416 e. The fourth-order valence-corrected chi connectivity index (χ4v) is 2.53. The van der Waals surface area contributed by atoms with Gasteiger partial charge in [0.25, 0.3) is 0 Å². The number of alkyl halides is 3. The highest BCUT2D eigenvalue weighted by Crippen LogP contribution is 2.29. The van der Waals surface area contributed by atoms with Gasteiger partial charge in [-0.05, 0) is 54.1 Å². The number of nitrogens with one attached hydrogen (secondary N) is 1. The Kier molecular flexibility index (Phi) is 6.36. The topological polar surface area (TPSA) is 70.9 Å². The average molecular weight is 414 g/mol. The van der Waals surface area contributed by atoms with Gasteiger partial charge in [0.15, 0.2) is 0 Å². The molecule has 0 saturated carbocycles. The fraction of sp³-hybridized carbons (Fsp3) is 0.0909. The van der Waals surface area contributed by atoms with Crippen molar-refractivity contribution >= 4 is 17.9 Å². The van der Waals surface area contributed by atoms with Gasteiger partial charge in [0.05, 0.1) is 23.0 Å². The van der Waals surface area contributed by atoms with Crippen LogP contribution < -0.4 is 10.2 Å². The van der Waals surface area contributed by atoms with Crippen molar-refractivity contribution in [2.75, 3.05) is 5.43 Å². The zero-order chi connectivity index (χ0) is 21.6. The fourth-order valence-electron chi connectivity index (χ4n) is 2.53. The summed E-state index contributed by atoms with van der Waals surface area (Å²) in [5, 5.41) is 13.0. The van der Waals surface area contributed by atoms with Crippen LogP contribution >= 0.6 is 0 Å². The van der Waals surface area contributed by atoms with E-state index in [2.05, 4.69) is 10.5 Å². The summed E-state index contributed by atoms with van der Waals surface area (Å²) in [5.74, 6) is -0.442. The standard InChI is InChI=1S/C22H17F3N2O3/c23-22(24,25)18-9-11-19(12-10-18)27-26-13-17-3-1-2-4-20(17)30-14-15-5-7-16(8-6-15)21(28)29/h1-13,27H,14H2,(H,28,29)/b26-13+. The molecular formula is C22H17F3N2O3. The van der Waals surface area contributed by atoms with Crippen LogP contribution in [0, 0.1) is 0 Å². The first-order valence-corrected chi connectivity index (χ1v) is 8.83. The number of benzene rings is 3. The summed E-state index contributed by atoms with van der Waals surface area (Å²) in [6, 6.07) is 18.0. The van der Waals surface area contributed by atoms with Crippen LogP contribution in [0.3, 0.4) is 0 Å². The lowest BCUT2D eigenvalue weighted by molar-refractivity contribution is -0.137. The van der Waals surface area contributed by atoms with Gasteiger partial charge in [-0.3, -0.25) is 5.43 Å². The summed E-state index contributed by atoms with van der Waals surface area (Å²) in [7, 11) is 0. The molecule has 0 fully saturated rings. The van der Waals surface area contributed by atoms with Crippen molar-refractivity contribution < 1.29 is 27.8 Å². The quantitative estimate of drug-likeness (QED) is 0.400. The van der Waals surface area contributed by atoms with Crippen molar-refractivity contribution in [3.05, 3.63) is 95.1 Å². The highest BCUT2D eigenvalue weighted by molar-refractivity contribution is 5.87. The van der Waals surface area contributed by atoms with E-state index in [9.17, 15) is 18.0 Å². The Hall–Kier alpha value is -3.81. The lowest BCUT2D eigenvalue weighted by Crippen LogP contribution is -2.04. The normalized spacial score (nSPS) is 11.4. The van der Waals surface area contributed by atoms with E-state index in [1.165, 1.54) is 30.5 Å². The van der Waals surface area contributed by atoms with E-state index >= 15 is 0 Å². The second-order valence-corrected chi connectivity index (χ2v) is 6.27. The van der Waals surface area contributed by atoms with Crippen LogP contribution in [-0.2, 0) is 12.8 Å². The summed E-state index contributed by atoms with van der Waals surface area (Å²) in [6.45, 7) is 0.233. The molecule has 2 N–H and O–H groups in total. The second-order valence-electron chi connectivity index (χ2n) is 6.27. The summed E-state index contributed by atoms with van der Waals surface area (Å²) < 4.78 is 43.6. The Labute approximate surface area is 170 Å². The van der Waals surface area contributed by atoms with Gasteiger partial charge < -0.3 is 9.84 Å². The minimum atomic E-state index is -4.38. The molecule has 3 rings (SSSR count). The number of para-hydroxylation sites is 1. The number of hydrogen-bond donors (Lipinski definition) is 2. The van der Waals surface area contributed by atoms with Gasteiger partial charge in [-0.1, -0.05) is 24.3 Å². The van der Waals surface area contributed by atoms with E-state index in [0.717, 1.165) is 17.7 Å². The number of ether oxygens (including phenoxy) is 1. The van der Waals surface area contributed by atoms with Gasteiger partial charge >= 0.3 is 12.1 Å². The molecule has 0 aliphatic rings. The zero-order valence-corrected chi connectivity index (χ0v) is 15.6. The molecular weight excluding hydrogens is 397 g/mol. The monoisotopic (exact) mass is 414 g/mol. The smallest absolute Gasteiger partial charge is 0.416 e. The molecule has 3 aromatic carbocycles. The number of halogens is 3. The predicted octanol–water partition coefficient (Wildman–Crippen LogP) is 5.43. The molecule has 0 bridgehead atoms. The van der Waals surface area contributed by atoms with Crippen LogP contribution in [0.25, 0.3) is 0 Å². The van der Waals surface area contributed by atoms with Gasteiger partial charge in [-0.15, -0.1) is 0 Å². The molecule has 0 heterocycles. The minimum absolute atomic E-state index is 0.195. The molecule has 3 aromatic rings. The second kappa shape index (κ2) is 9.13. The van der Waals surface area contributed by atoms with Gasteiger partial charge in [-0.25, -0.2) is 4.79 Å². The highest BCUT2D eigenvalue weighted by Gasteiger charge is 2.29. The van der Waals surface area contributed by atoms with Crippen LogP contribution in [-0.4, -0.2) is 17.3 Å². The Bertz CT molecular complexity index is 1030. The molecule has 0 unspecified atom stereocenters. The molecule has 0 radical (unpaired) electrons. The molecule has 5 nitrogen and oxygen atoms in total. The molecule has 154 valence electrons. The van der Waals surface area contributed by atoms with Crippen LogP contribution in [0.1, 0.15) is 27.0 Å². The molecule has 0 atom stereocenters. The average Bonchev–Trinajstić information content (AvgIpc) is 2.73. The number of hydrogen-bond acceptors (Lipinski definition) is 4. The first-order chi connectivity index (χ1) is 14.3. The molecule has 0 spiro atoms. The molecule has 0 aliphatic heterocycles. The number of anilines is 1. The summed E-state index contributed by atoms with van der Waals surface area (Å²) >= 11 is 0. The van der Waals surface area contributed by atoms with Crippen LogP contribution in [0.4, 0.5) is 18.9 Å². The molecule has 0 amide bonds. The van der Waals surface area contributed by atoms with Gasteiger partial charge in [0.1, 0.15) is 12.4 Å². The van der Waals surface area contributed by atoms with E-state index in [0.29, 0.717) is 17.0 Å². The van der Waals surface area contributed by atoms with Crippen LogP contribution in [0.15, 0.2) is 77.9 Å². The van der Waals surface area contributed by atoms with E-state index in [-0.39, 0.29) is 12.2 Å². The van der Waals surface area contributed by atoms with E-state index in [1.54, 1.807) is 36.4 Å². The lowest BCUT2D eigenvalue weighted by atomic mass is 10.1. The number of nitrogens with zero attached hydrogens (tertiary/aromatic N) is 1. The van der Waals surface area contributed by atoms with Crippen LogP contribution in [0.5, 0.6) is 5.75 Å². The molecule has 0 aliphatic carbocycles. The lowest BCUT2D eigenvalue weighted by Gasteiger charge is -2.09. The summed E-state index contributed by atoms with van der Waals surface area (Å²) in [4.78, 5) is 10.9. The van der Waals surface area contributed by atoms with Crippen molar-refractivity contribution in [2.45, 2.75) is 12.8 Å². The molecule has 8 heteroatoms. The van der Waals surface area contributed by atoms with Crippen molar-refractivity contribution in [3.8, 4) is 5.75 Å². The zero-order valence-electron chi connectivity index (χ0n) is 15.6. The maximum atomic E-state index is 12.6. The van der Waals surface area contributed by atoms with Gasteiger partial charge in [0, 0.05) is 5.56 Å². The number of hydrazone groups is 1. The van der Waals surface area contributed by atoms with Crippen molar-refractivity contribution in [1.82, 2.24) is 0 Å². The molecule has 0 saturated heterocycles. The van der Waals surface area contributed by atoms with Crippen molar-refractivity contribution in [2.24, 2.45) is 5.10 Å². The third-order valence-electron chi connectivity index (χ3n) is 4.12. The van der Waals surface area contributed by atoms with Crippen LogP contribution in [0.2, 0.25) is 0 Å². The van der Waals surface area contributed by atoms with Gasteiger partial charge in [0.2, 0.25) is 0 Å². The van der Waals surface area contributed by atoms with Crippen molar-refractivity contribution in [3.63, 3.8) is 0 Å². The maximum absolute atomic E-state index is 12.6. The Morgan fingerprint density at radius 1 is 1.00 bits per heavy atom.